The lowest BCUT2D eigenvalue weighted by Gasteiger charge is -2.01. The van der Waals surface area contributed by atoms with Crippen LogP contribution in [0.1, 0.15) is 44.7 Å². The van der Waals surface area contributed by atoms with Crippen LogP contribution >= 0.6 is 0 Å². The Kier molecular flexibility index (Phi) is 7.09. The fraction of sp³-hybridized carbons (Fsp3) is 0.538. The van der Waals surface area contributed by atoms with Crippen LogP contribution in [0, 0.1) is 12.7 Å². The van der Waals surface area contributed by atoms with E-state index in [1.807, 2.05) is 32.9 Å². The Labute approximate surface area is 87.2 Å². The summed E-state index contributed by atoms with van der Waals surface area (Å²) in [7, 11) is 0. The molecule has 1 rings (SSSR count). The molecule has 0 atom stereocenters. The highest BCUT2D eigenvalue weighted by atomic mass is 19.1. The molecule has 1 aromatic rings. The van der Waals surface area contributed by atoms with Gasteiger partial charge in [0.05, 0.1) is 0 Å². The lowest BCUT2D eigenvalue weighted by atomic mass is 10.1. The molecule has 0 heterocycles. The molecule has 1 aromatic carbocycles. The van der Waals surface area contributed by atoms with E-state index >= 15 is 0 Å². The third kappa shape index (κ3) is 4.40. The normalized spacial score (nSPS) is 9.21. The first-order valence-corrected chi connectivity index (χ1v) is 5.49. The molecule has 0 saturated carbocycles. The highest BCUT2D eigenvalue weighted by Gasteiger charge is 1.97. The maximum atomic E-state index is 12.8. The summed E-state index contributed by atoms with van der Waals surface area (Å²) in [6.45, 7) is 7.97. The third-order valence-corrected chi connectivity index (χ3v) is 2.04. The van der Waals surface area contributed by atoms with Crippen LogP contribution in [-0.4, -0.2) is 0 Å². The maximum Gasteiger partial charge on any atom is 0.126 e. The van der Waals surface area contributed by atoms with Gasteiger partial charge in [-0.2, -0.15) is 0 Å². The maximum absolute atomic E-state index is 12.8. The topological polar surface area (TPSA) is 0 Å². The third-order valence-electron chi connectivity index (χ3n) is 2.04. The Hall–Kier alpha value is -0.850. The molecule has 0 aliphatic carbocycles. The molecule has 0 unspecified atom stereocenters. The van der Waals surface area contributed by atoms with Crippen LogP contribution in [0.25, 0.3) is 0 Å². The van der Waals surface area contributed by atoms with Crippen molar-refractivity contribution < 1.29 is 4.39 Å². The Morgan fingerprint density at radius 2 is 1.86 bits per heavy atom. The van der Waals surface area contributed by atoms with E-state index in [-0.39, 0.29) is 5.82 Å². The summed E-state index contributed by atoms with van der Waals surface area (Å²) in [6.07, 6.45) is 3.44. The van der Waals surface area contributed by atoms with Crippen LogP contribution in [0.15, 0.2) is 18.2 Å². The molecule has 0 saturated heterocycles. The molecule has 0 N–H and O–H groups in total. The summed E-state index contributed by atoms with van der Waals surface area (Å²) in [5, 5.41) is 0. The fourth-order valence-corrected chi connectivity index (χ4v) is 1.24. The molecule has 80 valence electrons. The van der Waals surface area contributed by atoms with Crippen molar-refractivity contribution in [2.45, 2.75) is 47.0 Å². The molecular formula is C13H21F. The van der Waals surface area contributed by atoms with Crippen molar-refractivity contribution in [2.24, 2.45) is 0 Å². The van der Waals surface area contributed by atoms with Gasteiger partial charge in [0, 0.05) is 0 Å². The van der Waals surface area contributed by atoms with Gasteiger partial charge in [-0.15, -0.1) is 0 Å². The van der Waals surface area contributed by atoms with Gasteiger partial charge in [0.15, 0.2) is 0 Å². The SMILES string of the molecule is CC.CCCCc1ccc(F)c(C)c1. The van der Waals surface area contributed by atoms with Gasteiger partial charge >= 0.3 is 0 Å². The van der Waals surface area contributed by atoms with Crippen LogP contribution in [-0.2, 0) is 6.42 Å². The molecule has 0 aliphatic rings. The Bertz CT molecular complexity index is 253. The smallest absolute Gasteiger partial charge is 0.126 e. The van der Waals surface area contributed by atoms with E-state index in [1.165, 1.54) is 18.4 Å². The highest BCUT2D eigenvalue weighted by Crippen LogP contribution is 2.11. The van der Waals surface area contributed by atoms with Crippen LogP contribution in [0.4, 0.5) is 4.39 Å². The van der Waals surface area contributed by atoms with Crippen molar-refractivity contribution in [1.82, 2.24) is 0 Å². The van der Waals surface area contributed by atoms with Crippen molar-refractivity contribution >= 4 is 0 Å². The zero-order valence-electron chi connectivity index (χ0n) is 9.73. The zero-order chi connectivity index (χ0) is 11.0. The molecule has 0 radical (unpaired) electrons. The minimum Gasteiger partial charge on any atom is -0.207 e. The van der Waals surface area contributed by atoms with Crippen molar-refractivity contribution in [1.29, 1.82) is 0 Å². The number of halogens is 1. The summed E-state index contributed by atoms with van der Waals surface area (Å²) in [4.78, 5) is 0. The molecule has 0 fully saturated rings. The number of rotatable bonds is 3. The largest absolute Gasteiger partial charge is 0.207 e. The Morgan fingerprint density at radius 3 is 2.36 bits per heavy atom. The van der Waals surface area contributed by atoms with Gasteiger partial charge in [0.2, 0.25) is 0 Å². The minimum atomic E-state index is -0.102. The van der Waals surface area contributed by atoms with E-state index in [2.05, 4.69) is 6.92 Å². The molecule has 0 aromatic heterocycles. The molecule has 0 spiro atoms. The lowest BCUT2D eigenvalue weighted by molar-refractivity contribution is 0.617. The number of benzene rings is 1. The Balaban J connectivity index is 0.000000791. The number of hydrogen-bond acceptors (Lipinski definition) is 0. The monoisotopic (exact) mass is 196 g/mol. The van der Waals surface area contributed by atoms with Crippen LogP contribution in [0.2, 0.25) is 0 Å². The number of hydrogen-bond donors (Lipinski definition) is 0. The van der Waals surface area contributed by atoms with Crippen molar-refractivity contribution in [2.75, 3.05) is 0 Å². The van der Waals surface area contributed by atoms with Gasteiger partial charge in [0.25, 0.3) is 0 Å². The average Bonchev–Trinajstić information content (AvgIpc) is 2.23. The lowest BCUT2D eigenvalue weighted by Crippen LogP contribution is -1.88. The van der Waals surface area contributed by atoms with E-state index in [9.17, 15) is 4.39 Å². The Morgan fingerprint density at radius 1 is 1.21 bits per heavy atom. The van der Waals surface area contributed by atoms with Crippen molar-refractivity contribution in [3.8, 4) is 0 Å². The summed E-state index contributed by atoms with van der Waals surface area (Å²) in [5.74, 6) is -0.102. The van der Waals surface area contributed by atoms with E-state index in [1.54, 1.807) is 6.07 Å². The second kappa shape index (κ2) is 7.54. The zero-order valence-corrected chi connectivity index (χ0v) is 9.73. The van der Waals surface area contributed by atoms with Crippen LogP contribution in [0.5, 0.6) is 0 Å². The van der Waals surface area contributed by atoms with Gasteiger partial charge in [0.1, 0.15) is 5.82 Å². The summed E-state index contributed by atoms with van der Waals surface area (Å²) < 4.78 is 12.8. The quantitative estimate of drug-likeness (QED) is 0.667. The van der Waals surface area contributed by atoms with Crippen LogP contribution in [0.3, 0.4) is 0 Å². The van der Waals surface area contributed by atoms with Crippen molar-refractivity contribution in [3.05, 3.63) is 35.1 Å². The van der Waals surface area contributed by atoms with Crippen LogP contribution < -0.4 is 0 Å². The average molecular weight is 196 g/mol. The predicted octanol–water partition coefficient (Wildman–Crippen LogP) is 4.50. The summed E-state index contributed by atoms with van der Waals surface area (Å²) in [5.41, 5.74) is 2.00. The first kappa shape index (κ1) is 13.2. The first-order chi connectivity index (χ1) is 6.74. The van der Waals surface area contributed by atoms with Crippen molar-refractivity contribution in [3.63, 3.8) is 0 Å². The second-order valence-electron chi connectivity index (χ2n) is 3.19. The highest BCUT2D eigenvalue weighted by molar-refractivity contribution is 5.23. The van der Waals surface area contributed by atoms with E-state index < -0.39 is 0 Å². The molecule has 0 bridgehead atoms. The summed E-state index contributed by atoms with van der Waals surface area (Å²) >= 11 is 0. The molecule has 0 amide bonds. The number of aryl methyl sites for hydroxylation is 2. The van der Waals surface area contributed by atoms with Gasteiger partial charge in [-0.05, 0) is 37.0 Å². The van der Waals surface area contributed by atoms with Gasteiger partial charge in [-0.25, -0.2) is 4.39 Å². The van der Waals surface area contributed by atoms with E-state index in [0.717, 1.165) is 12.0 Å². The molecule has 0 aliphatic heterocycles. The molecule has 1 heteroatoms. The fourth-order valence-electron chi connectivity index (χ4n) is 1.24. The second-order valence-corrected chi connectivity index (χ2v) is 3.19. The minimum absolute atomic E-state index is 0.102. The summed E-state index contributed by atoms with van der Waals surface area (Å²) in [6, 6.07) is 5.36. The van der Waals surface area contributed by atoms with Gasteiger partial charge in [-0.3, -0.25) is 0 Å². The van der Waals surface area contributed by atoms with E-state index in [4.69, 9.17) is 0 Å². The van der Waals surface area contributed by atoms with Gasteiger partial charge in [-0.1, -0.05) is 39.3 Å². The molecule has 0 nitrogen and oxygen atoms in total. The predicted molar refractivity (Wildman–Crippen MR) is 61.1 cm³/mol. The standard InChI is InChI=1S/C11H15F.C2H6/c1-3-4-5-10-6-7-11(12)9(2)8-10;1-2/h6-8H,3-5H2,1-2H3;1-2H3. The van der Waals surface area contributed by atoms with E-state index in [0.29, 0.717) is 0 Å². The number of unbranched alkanes of at least 4 members (excludes halogenated alkanes) is 1. The molecular weight excluding hydrogens is 175 g/mol. The van der Waals surface area contributed by atoms with Gasteiger partial charge < -0.3 is 0 Å². The molecule has 14 heavy (non-hydrogen) atoms. The first-order valence-electron chi connectivity index (χ1n) is 5.49.